The van der Waals surface area contributed by atoms with Crippen LogP contribution in [0.1, 0.15) is 31.2 Å². The van der Waals surface area contributed by atoms with Crippen LogP contribution in [0.15, 0.2) is 24.3 Å². The number of halogens is 1. The second-order valence-electron chi connectivity index (χ2n) is 7.18. The lowest BCUT2D eigenvalue weighted by Crippen LogP contribution is -2.51. The summed E-state index contributed by atoms with van der Waals surface area (Å²) in [6.07, 6.45) is 5.93. The Kier molecular flexibility index (Phi) is 3.72. The van der Waals surface area contributed by atoms with E-state index in [1.807, 2.05) is 12.1 Å². The third kappa shape index (κ3) is 2.86. The van der Waals surface area contributed by atoms with Gasteiger partial charge in [-0.1, -0.05) is 18.6 Å². The lowest BCUT2D eigenvalue weighted by Gasteiger charge is -2.41. The minimum Gasteiger partial charge on any atom is -0.298 e. The van der Waals surface area contributed by atoms with Crippen molar-refractivity contribution >= 4 is 0 Å². The summed E-state index contributed by atoms with van der Waals surface area (Å²) >= 11 is 0. The topological polar surface area (TPSA) is 6.48 Å². The summed E-state index contributed by atoms with van der Waals surface area (Å²) in [7, 11) is 0. The van der Waals surface area contributed by atoms with E-state index in [0.29, 0.717) is 0 Å². The Morgan fingerprint density at radius 1 is 0.952 bits per heavy atom. The number of fused-ring (bicyclic) bond motifs is 2. The van der Waals surface area contributed by atoms with E-state index in [2.05, 4.69) is 9.80 Å². The van der Waals surface area contributed by atoms with E-state index in [1.165, 1.54) is 44.3 Å². The zero-order valence-corrected chi connectivity index (χ0v) is 12.7. The SMILES string of the molecule is Fc1ccc(CN2CCN([C@@H]3C[C@@H]4CC[C@H]3C4)CC2)cc1. The number of hydrogen-bond donors (Lipinski definition) is 0. The van der Waals surface area contributed by atoms with Gasteiger partial charge in [0.2, 0.25) is 0 Å². The van der Waals surface area contributed by atoms with Crippen molar-refractivity contribution in [3.63, 3.8) is 0 Å². The molecule has 3 aliphatic rings. The van der Waals surface area contributed by atoms with Crippen molar-refractivity contribution in [2.75, 3.05) is 26.2 Å². The molecule has 21 heavy (non-hydrogen) atoms. The average Bonchev–Trinajstić information content (AvgIpc) is 3.13. The van der Waals surface area contributed by atoms with Gasteiger partial charge in [-0.2, -0.15) is 0 Å². The molecule has 0 N–H and O–H groups in total. The normalized spacial score (nSPS) is 33.7. The van der Waals surface area contributed by atoms with Gasteiger partial charge in [0.1, 0.15) is 5.82 Å². The molecule has 1 heterocycles. The average molecular weight is 288 g/mol. The zero-order chi connectivity index (χ0) is 14.2. The van der Waals surface area contributed by atoms with Gasteiger partial charge in [0, 0.05) is 38.8 Å². The van der Waals surface area contributed by atoms with E-state index in [9.17, 15) is 4.39 Å². The smallest absolute Gasteiger partial charge is 0.123 e. The Morgan fingerprint density at radius 2 is 1.71 bits per heavy atom. The molecule has 0 spiro atoms. The summed E-state index contributed by atoms with van der Waals surface area (Å²) in [5.74, 6) is 1.90. The first kappa shape index (κ1) is 13.7. The van der Waals surface area contributed by atoms with Gasteiger partial charge in [-0.3, -0.25) is 9.80 Å². The molecule has 3 heteroatoms. The minimum absolute atomic E-state index is 0.139. The van der Waals surface area contributed by atoms with Crippen molar-refractivity contribution < 1.29 is 4.39 Å². The molecule has 1 aromatic carbocycles. The molecule has 0 unspecified atom stereocenters. The first-order chi connectivity index (χ1) is 10.3. The summed E-state index contributed by atoms with van der Waals surface area (Å²) in [5, 5.41) is 0. The number of nitrogens with zero attached hydrogens (tertiary/aromatic N) is 2. The monoisotopic (exact) mass is 288 g/mol. The third-order valence-corrected chi connectivity index (χ3v) is 5.90. The van der Waals surface area contributed by atoms with E-state index in [-0.39, 0.29) is 5.82 Å². The first-order valence-electron chi connectivity index (χ1n) is 8.49. The molecule has 2 aliphatic carbocycles. The van der Waals surface area contributed by atoms with E-state index in [0.717, 1.165) is 37.5 Å². The van der Waals surface area contributed by atoms with Gasteiger partial charge in [0.15, 0.2) is 0 Å². The number of rotatable bonds is 3. The van der Waals surface area contributed by atoms with Crippen LogP contribution in [-0.4, -0.2) is 42.0 Å². The first-order valence-corrected chi connectivity index (χ1v) is 8.49. The molecule has 0 amide bonds. The van der Waals surface area contributed by atoms with Gasteiger partial charge in [-0.05, 0) is 48.8 Å². The molecule has 2 nitrogen and oxygen atoms in total. The van der Waals surface area contributed by atoms with E-state index in [4.69, 9.17) is 0 Å². The summed E-state index contributed by atoms with van der Waals surface area (Å²) in [6.45, 7) is 5.71. The molecular formula is C18H25FN2. The Hall–Kier alpha value is -0.930. The maximum absolute atomic E-state index is 12.9. The van der Waals surface area contributed by atoms with Crippen molar-refractivity contribution in [2.24, 2.45) is 11.8 Å². The highest BCUT2D eigenvalue weighted by Crippen LogP contribution is 2.46. The Morgan fingerprint density at radius 3 is 2.33 bits per heavy atom. The maximum Gasteiger partial charge on any atom is 0.123 e. The highest BCUT2D eigenvalue weighted by atomic mass is 19.1. The highest BCUT2D eigenvalue weighted by Gasteiger charge is 2.42. The van der Waals surface area contributed by atoms with Crippen LogP contribution in [0.2, 0.25) is 0 Å². The van der Waals surface area contributed by atoms with Gasteiger partial charge in [-0.25, -0.2) is 4.39 Å². The molecule has 0 aromatic heterocycles. The summed E-state index contributed by atoms with van der Waals surface area (Å²) in [4.78, 5) is 5.27. The Bertz CT molecular complexity index is 478. The lowest BCUT2D eigenvalue weighted by molar-refractivity contribution is 0.0679. The predicted molar refractivity (Wildman–Crippen MR) is 82.5 cm³/mol. The largest absolute Gasteiger partial charge is 0.298 e. The molecule has 2 saturated carbocycles. The molecule has 2 bridgehead atoms. The van der Waals surface area contributed by atoms with Crippen molar-refractivity contribution in [2.45, 2.75) is 38.3 Å². The molecular weight excluding hydrogens is 263 g/mol. The fourth-order valence-corrected chi connectivity index (χ4v) is 4.76. The van der Waals surface area contributed by atoms with Crippen LogP contribution >= 0.6 is 0 Å². The van der Waals surface area contributed by atoms with E-state index >= 15 is 0 Å². The Labute approximate surface area is 126 Å². The van der Waals surface area contributed by atoms with E-state index < -0.39 is 0 Å². The second kappa shape index (κ2) is 5.69. The van der Waals surface area contributed by atoms with Crippen LogP contribution in [0.4, 0.5) is 4.39 Å². The quantitative estimate of drug-likeness (QED) is 0.843. The fourth-order valence-electron chi connectivity index (χ4n) is 4.76. The Balaban J connectivity index is 1.29. The summed E-state index contributed by atoms with van der Waals surface area (Å²) in [6, 6.07) is 7.86. The van der Waals surface area contributed by atoms with Gasteiger partial charge in [0.05, 0.1) is 0 Å². The highest BCUT2D eigenvalue weighted by molar-refractivity contribution is 5.16. The van der Waals surface area contributed by atoms with Crippen LogP contribution in [0.25, 0.3) is 0 Å². The number of benzene rings is 1. The molecule has 1 saturated heterocycles. The molecule has 1 aromatic rings. The second-order valence-corrected chi connectivity index (χ2v) is 7.18. The maximum atomic E-state index is 12.9. The zero-order valence-electron chi connectivity index (χ0n) is 12.7. The van der Waals surface area contributed by atoms with Gasteiger partial charge < -0.3 is 0 Å². The predicted octanol–water partition coefficient (Wildman–Crippen LogP) is 3.13. The fraction of sp³-hybridized carbons (Fsp3) is 0.667. The van der Waals surface area contributed by atoms with Crippen molar-refractivity contribution in [1.82, 2.24) is 9.80 Å². The molecule has 0 radical (unpaired) electrons. The molecule has 3 atom stereocenters. The number of hydrogen-bond acceptors (Lipinski definition) is 2. The van der Waals surface area contributed by atoms with Crippen molar-refractivity contribution in [1.29, 1.82) is 0 Å². The van der Waals surface area contributed by atoms with Crippen LogP contribution < -0.4 is 0 Å². The van der Waals surface area contributed by atoms with Crippen LogP contribution in [0, 0.1) is 17.7 Å². The molecule has 1 aliphatic heterocycles. The van der Waals surface area contributed by atoms with E-state index in [1.54, 1.807) is 12.1 Å². The van der Waals surface area contributed by atoms with Gasteiger partial charge >= 0.3 is 0 Å². The van der Waals surface area contributed by atoms with Crippen LogP contribution in [-0.2, 0) is 6.54 Å². The summed E-state index contributed by atoms with van der Waals surface area (Å²) in [5.41, 5.74) is 1.23. The van der Waals surface area contributed by atoms with Crippen molar-refractivity contribution in [3.05, 3.63) is 35.6 Å². The third-order valence-electron chi connectivity index (χ3n) is 5.90. The van der Waals surface area contributed by atoms with Gasteiger partial charge in [-0.15, -0.1) is 0 Å². The van der Waals surface area contributed by atoms with Crippen LogP contribution in [0.5, 0.6) is 0 Å². The number of piperazine rings is 1. The summed E-state index contributed by atoms with van der Waals surface area (Å²) < 4.78 is 12.9. The van der Waals surface area contributed by atoms with Crippen molar-refractivity contribution in [3.8, 4) is 0 Å². The standard InChI is InChI=1S/C18H25FN2/c19-17-5-2-14(3-6-17)13-20-7-9-21(10-8-20)18-12-15-1-4-16(18)11-15/h2-3,5-6,15-16,18H,1,4,7-13H2/t15-,16+,18-/m1/s1. The molecule has 3 fully saturated rings. The minimum atomic E-state index is -0.139. The van der Waals surface area contributed by atoms with Gasteiger partial charge in [0.25, 0.3) is 0 Å². The van der Waals surface area contributed by atoms with Crippen LogP contribution in [0.3, 0.4) is 0 Å². The molecule has 4 rings (SSSR count). The lowest BCUT2D eigenvalue weighted by atomic mass is 9.93. The molecule has 114 valence electrons.